The van der Waals surface area contributed by atoms with Gasteiger partial charge < -0.3 is 4.42 Å². The second-order valence-corrected chi connectivity index (χ2v) is 17.1. The minimum atomic E-state index is -0.0845. The van der Waals surface area contributed by atoms with Gasteiger partial charge in [0, 0.05) is 10.8 Å². The second kappa shape index (κ2) is 16.4. The van der Waals surface area contributed by atoms with Crippen LogP contribution in [-0.2, 0) is 0 Å². The van der Waals surface area contributed by atoms with Gasteiger partial charge in [0.15, 0.2) is 0 Å². The lowest BCUT2D eigenvalue weighted by Gasteiger charge is -2.31. The van der Waals surface area contributed by atoms with Crippen molar-refractivity contribution in [2.45, 2.75) is 0 Å². The Morgan fingerprint density at radius 1 is 0.203 bits per heavy atom. The van der Waals surface area contributed by atoms with Crippen LogP contribution in [0.15, 0.2) is 40.8 Å². The van der Waals surface area contributed by atoms with Crippen molar-refractivity contribution >= 4 is 358 Å². The Morgan fingerprint density at radius 3 is 0.899 bits per heavy atom. The molecule has 1 aromatic heterocycles. The van der Waals surface area contributed by atoms with Gasteiger partial charge in [0.05, 0.1) is 0 Å². The molecule has 44 radical (unpaired) electrons. The molecule has 1 nitrogen and oxygen atoms in total. The van der Waals surface area contributed by atoms with E-state index in [-0.39, 0.29) is 164 Å². The highest BCUT2D eigenvalue weighted by molar-refractivity contribution is 6.76. The van der Waals surface area contributed by atoms with Crippen LogP contribution in [-0.4, -0.2) is 173 Å². The summed E-state index contributed by atoms with van der Waals surface area (Å²) in [6.07, 6.45) is 0. The quantitative estimate of drug-likeness (QED) is 0.128. The summed E-state index contributed by atoms with van der Waals surface area (Å²) in [5.74, 6) is 0. The summed E-state index contributed by atoms with van der Waals surface area (Å²) in [5.41, 5.74) is 3.04. The molecule has 10 rings (SSSR count). The Kier molecular flexibility index (Phi) is 11.4. The summed E-state index contributed by atoms with van der Waals surface area (Å²) in [5, 5.41) is 3.18. The molecule has 0 aliphatic carbocycles. The topological polar surface area (TPSA) is 13.1 Å². The van der Waals surface area contributed by atoms with E-state index in [1.165, 1.54) is 0 Å². The van der Waals surface area contributed by atoms with E-state index < -0.39 is 0 Å². The normalized spacial score (nSPS) is 11.9. The van der Waals surface area contributed by atoms with Crippen molar-refractivity contribution in [3.8, 4) is 33.4 Å². The zero-order chi connectivity index (χ0) is 50.0. The highest BCUT2D eigenvalue weighted by atomic mass is 16.3. The molecule has 10 aromatic rings. The van der Waals surface area contributed by atoms with Gasteiger partial charge in [-0.3, -0.25) is 0 Å². The predicted molar refractivity (Wildman–Crippen MR) is 319 cm³/mol. The highest BCUT2D eigenvalue weighted by Gasteiger charge is 2.29. The SMILES string of the molecule is [B]c1c([B])c([B])c2c(-c3ccc4oc5cc(-c6c7c([B])c([B])c([B])c([B])c7c(-c7c([B])c([B])c([B])c8c([B])c([B])c([B])c([B])c78)c7c([B])c([B])c([B])c([B])c67)ccc5c4c3)c([B])c([B])c([B])c2c1[B]. The molecule has 23 heteroatoms. The number of benzene rings is 9. The number of hydrogen-bond donors (Lipinski definition) is 0. The molecule has 0 aliphatic heterocycles. The molecule has 0 bridgehead atoms. The summed E-state index contributed by atoms with van der Waals surface area (Å²) < 4.78 is 6.54. The third-order valence-corrected chi connectivity index (χ3v) is 13.7. The average Bonchev–Trinajstić information content (AvgIpc) is 3.70. The fraction of sp³-hybridized carbons (Fsp3) is 0. The van der Waals surface area contributed by atoms with Gasteiger partial charge in [-0.15, -0.1) is 54.6 Å². The van der Waals surface area contributed by atoms with E-state index in [1.807, 2.05) is 18.2 Å². The van der Waals surface area contributed by atoms with Gasteiger partial charge in [-0.25, -0.2) is 0 Å². The molecule has 0 N–H and O–H groups in total. The molecule has 262 valence electrons. The zero-order valence-corrected chi connectivity index (χ0v) is 36.6. The first-order valence-corrected chi connectivity index (χ1v) is 20.7. The highest BCUT2D eigenvalue weighted by Crippen LogP contribution is 2.43. The largest absolute Gasteiger partial charge is 0.456 e. The van der Waals surface area contributed by atoms with Crippen molar-refractivity contribution < 1.29 is 4.42 Å². The minimum absolute atomic E-state index is 0.00464. The van der Waals surface area contributed by atoms with E-state index in [2.05, 4.69) is 0 Å². The van der Waals surface area contributed by atoms with Crippen LogP contribution in [0.2, 0.25) is 0 Å². The lowest BCUT2D eigenvalue weighted by molar-refractivity contribution is 0.669. The van der Waals surface area contributed by atoms with Gasteiger partial charge in [0.2, 0.25) is 0 Å². The van der Waals surface area contributed by atoms with Gasteiger partial charge in [-0.05, 0) is 101 Å². The molecule has 9 aromatic carbocycles. The first-order chi connectivity index (χ1) is 32.5. The molecule has 1 heterocycles. The van der Waals surface area contributed by atoms with Crippen LogP contribution in [0.4, 0.5) is 0 Å². The molecule has 0 fully saturated rings. The monoisotopic (exact) mass is 816 g/mol. The van der Waals surface area contributed by atoms with Crippen LogP contribution >= 0.6 is 0 Å². The Bertz CT molecular complexity index is 4000. The maximum atomic E-state index is 7.05. The zero-order valence-electron chi connectivity index (χ0n) is 36.6. The summed E-state index contributed by atoms with van der Waals surface area (Å²) in [6.45, 7) is 0. The summed E-state index contributed by atoms with van der Waals surface area (Å²) in [7, 11) is 147. The molecule has 0 amide bonds. The van der Waals surface area contributed by atoms with Crippen LogP contribution < -0.4 is 120 Å². The number of rotatable bonds is 3. The fourth-order valence-electron chi connectivity index (χ4n) is 9.97. The number of fused-ring (bicyclic) bond motifs is 7. The Morgan fingerprint density at radius 2 is 0.493 bits per heavy atom. The minimum Gasteiger partial charge on any atom is -0.456 e. The number of furan rings is 1. The summed E-state index contributed by atoms with van der Waals surface area (Å²) in [4.78, 5) is 0. The van der Waals surface area contributed by atoms with Gasteiger partial charge >= 0.3 is 0 Å². The molecule has 0 unspecified atom stereocenters. The van der Waals surface area contributed by atoms with E-state index in [1.54, 1.807) is 18.2 Å². The van der Waals surface area contributed by atoms with Crippen molar-refractivity contribution in [3.05, 3.63) is 36.4 Å². The van der Waals surface area contributed by atoms with Crippen LogP contribution in [0, 0.1) is 0 Å². The fourth-order valence-corrected chi connectivity index (χ4v) is 9.97. The van der Waals surface area contributed by atoms with E-state index in [0.29, 0.717) is 55.0 Å². The number of hydrogen-bond acceptors (Lipinski definition) is 1. The maximum Gasteiger partial charge on any atom is 0.136 e. The van der Waals surface area contributed by atoms with E-state index in [9.17, 15) is 0 Å². The van der Waals surface area contributed by atoms with Crippen LogP contribution in [0.5, 0.6) is 0 Å². The van der Waals surface area contributed by atoms with Crippen molar-refractivity contribution in [3.63, 3.8) is 0 Å². The first kappa shape index (κ1) is 47.9. The Balaban J connectivity index is 1.35. The standard InChI is InChI=1S/C46H6B22O/c47-25-14(18-23(33(55)37(25)59)35(57)45(67)41(63)28(18)50)7-2-4-11-10(5-7)9-3-1-8(6-12(9)69-11)13-16-19(30(52)42(64)39(61)26(16)48)15(20-17(13)27(49)40(62)43(65)31(20)53)21-22-24(34(56)38(60)29(21)51)36(58)46(68)44(66)32(22)54/h1-6H. The second-order valence-electron chi connectivity index (χ2n) is 17.1. The van der Waals surface area contributed by atoms with Crippen LogP contribution in [0.3, 0.4) is 0 Å². The molecule has 0 saturated heterocycles. The van der Waals surface area contributed by atoms with Gasteiger partial charge in [-0.2, -0.15) is 0 Å². The Hall–Kier alpha value is -4.75. The van der Waals surface area contributed by atoms with Crippen LogP contribution in [0.25, 0.3) is 98.4 Å². The molecule has 0 spiro atoms. The molecular formula is C46H6B22O. The molecule has 0 saturated carbocycles. The lowest BCUT2D eigenvalue weighted by Crippen LogP contribution is -2.53. The van der Waals surface area contributed by atoms with Crippen molar-refractivity contribution in [1.82, 2.24) is 0 Å². The average molecular weight is 812 g/mol. The van der Waals surface area contributed by atoms with Gasteiger partial charge in [-0.1, -0.05) is 77.7 Å². The van der Waals surface area contributed by atoms with E-state index in [0.717, 1.165) is 0 Å². The van der Waals surface area contributed by atoms with Crippen molar-refractivity contribution in [2.75, 3.05) is 0 Å². The molecule has 69 heavy (non-hydrogen) atoms. The van der Waals surface area contributed by atoms with Crippen molar-refractivity contribution in [2.24, 2.45) is 0 Å². The van der Waals surface area contributed by atoms with Gasteiger partial charge in [0.25, 0.3) is 0 Å². The smallest absolute Gasteiger partial charge is 0.136 e. The van der Waals surface area contributed by atoms with E-state index in [4.69, 9.17) is 177 Å². The molecular weight excluding hydrogens is 806 g/mol. The first-order valence-electron chi connectivity index (χ1n) is 20.7. The Labute approximate surface area is 429 Å². The third kappa shape index (κ3) is 6.35. The predicted octanol–water partition coefficient (Wildman–Crippen LogP) is -13.3. The van der Waals surface area contributed by atoms with Crippen molar-refractivity contribution in [1.29, 1.82) is 0 Å². The summed E-state index contributed by atoms with van der Waals surface area (Å²) >= 11 is 0. The van der Waals surface area contributed by atoms with E-state index >= 15 is 0 Å². The van der Waals surface area contributed by atoms with Gasteiger partial charge in [0.1, 0.15) is 184 Å². The molecule has 0 atom stereocenters. The summed E-state index contributed by atoms with van der Waals surface area (Å²) in [6, 6.07) is 10.8. The maximum absolute atomic E-state index is 7.05. The lowest BCUT2D eigenvalue weighted by atomic mass is 9.56. The molecule has 0 aliphatic rings. The van der Waals surface area contributed by atoms with Crippen LogP contribution in [0.1, 0.15) is 0 Å². The third-order valence-electron chi connectivity index (χ3n) is 13.7.